The number of hydrogen-bond donors (Lipinski definition) is 3. The monoisotopic (exact) mass is 515 g/mol. The number of ketones is 1. The van der Waals surface area contributed by atoms with Crippen molar-refractivity contribution >= 4 is 40.2 Å². The zero-order chi connectivity index (χ0) is 26.6. The molecule has 3 N–H and O–H groups in total. The first-order chi connectivity index (χ1) is 18.4. The molecule has 0 radical (unpaired) electrons. The summed E-state index contributed by atoms with van der Waals surface area (Å²) in [6, 6.07) is 15.8. The van der Waals surface area contributed by atoms with Gasteiger partial charge in [-0.15, -0.1) is 0 Å². The van der Waals surface area contributed by atoms with E-state index in [0.717, 1.165) is 28.6 Å². The third kappa shape index (κ3) is 5.39. The molecule has 0 fully saturated rings. The number of carbonyl (C=O) groups excluding carboxylic acids is 4. The Hall–Kier alpha value is -4.99. The molecule has 9 nitrogen and oxygen atoms in total. The van der Waals surface area contributed by atoms with Crippen LogP contribution in [0.4, 0.5) is 10.1 Å². The summed E-state index contributed by atoms with van der Waals surface area (Å²) in [5.74, 6) is -2.32. The van der Waals surface area contributed by atoms with Crippen LogP contribution in [-0.4, -0.2) is 47.8 Å². The molecule has 1 aliphatic rings. The van der Waals surface area contributed by atoms with Crippen LogP contribution in [0.1, 0.15) is 26.3 Å². The van der Waals surface area contributed by atoms with Crippen LogP contribution >= 0.6 is 0 Å². The van der Waals surface area contributed by atoms with Gasteiger partial charge in [-0.05, 0) is 54.1 Å². The highest BCUT2D eigenvalue weighted by molar-refractivity contribution is 6.02. The van der Waals surface area contributed by atoms with Gasteiger partial charge in [0.1, 0.15) is 17.6 Å². The van der Waals surface area contributed by atoms with Crippen molar-refractivity contribution in [2.24, 2.45) is 0 Å². The van der Waals surface area contributed by atoms with Gasteiger partial charge in [-0.25, -0.2) is 9.18 Å². The number of esters is 1. The summed E-state index contributed by atoms with van der Waals surface area (Å²) in [5.41, 5.74) is 2.35. The number of anilines is 1. The first-order valence-corrected chi connectivity index (χ1v) is 11.8. The number of nitrogens with one attached hydrogen (secondary N) is 3. The molecule has 1 atom stereocenters. The number of benzene rings is 3. The summed E-state index contributed by atoms with van der Waals surface area (Å²) >= 11 is 0. The lowest BCUT2D eigenvalue weighted by Gasteiger charge is -2.19. The van der Waals surface area contributed by atoms with Gasteiger partial charge in [0.05, 0.1) is 5.69 Å². The van der Waals surface area contributed by atoms with E-state index in [4.69, 9.17) is 9.47 Å². The zero-order valence-corrected chi connectivity index (χ0v) is 20.0. The Morgan fingerprint density at radius 1 is 1.03 bits per heavy atom. The van der Waals surface area contributed by atoms with E-state index in [2.05, 4.69) is 15.6 Å². The van der Waals surface area contributed by atoms with Gasteiger partial charge in [0.15, 0.2) is 19.0 Å². The molecule has 2 amide bonds. The number of H-pyrrole nitrogens is 1. The van der Waals surface area contributed by atoms with Gasteiger partial charge in [0, 0.05) is 34.6 Å². The van der Waals surface area contributed by atoms with E-state index in [0.29, 0.717) is 11.4 Å². The number of aromatic nitrogens is 1. The highest BCUT2D eigenvalue weighted by Gasteiger charge is 2.26. The minimum Gasteiger partial charge on any atom is -0.482 e. The highest BCUT2D eigenvalue weighted by Crippen LogP contribution is 2.28. The maximum Gasteiger partial charge on any atom is 0.329 e. The van der Waals surface area contributed by atoms with Gasteiger partial charge in [-0.2, -0.15) is 0 Å². The molecule has 5 rings (SSSR count). The summed E-state index contributed by atoms with van der Waals surface area (Å²) in [5, 5.41) is 6.13. The van der Waals surface area contributed by atoms with Crippen LogP contribution in [0, 0.1) is 5.82 Å². The second-order valence-electron chi connectivity index (χ2n) is 8.68. The van der Waals surface area contributed by atoms with Crippen LogP contribution in [0.25, 0.3) is 10.9 Å². The minimum atomic E-state index is -1.13. The fraction of sp³-hybridized carbons (Fsp3) is 0.143. The normalized spacial score (nSPS) is 13.1. The van der Waals surface area contributed by atoms with Crippen LogP contribution in [0.2, 0.25) is 0 Å². The van der Waals surface area contributed by atoms with Crippen molar-refractivity contribution in [1.29, 1.82) is 0 Å². The molecule has 1 aromatic heterocycles. The zero-order valence-electron chi connectivity index (χ0n) is 20.0. The molecular weight excluding hydrogens is 493 g/mol. The first-order valence-electron chi connectivity index (χ1n) is 11.8. The number of hydrogen-bond acceptors (Lipinski definition) is 6. The topological polar surface area (TPSA) is 127 Å². The van der Waals surface area contributed by atoms with Crippen LogP contribution in [0.15, 0.2) is 72.9 Å². The lowest BCUT2D eigenvalue weighted by Crippen LogP contribution is -2.43. The fourth-order valence-electron chi connectivity index (χ4n) is 4.13. The molecular formula is C28H22FN3O6. The standard InChI is InChI=1S/C28H22FN3O6/c29-19-8-5-16(6-9-19)27(35)32-23(12-18-13-30-21-4-2-1-3-20(18)21)28(36)38-14-24(33)17-7-10-25-22(11-17)31-26(34)15-37-25/h1-11,13,23,30H,12,14-15H2,(H,31,34)(H,32,35)/t23-/m1/s1. The number of carbonyl (C=O) groups is 4. The molecule has 0 bridgehead atoms. The first kappa shape index (κ1) is 24.7. The van der Waals surface area contributed by atoms with Crippen molar-refractivity contribution in [2.45, 2.75) is 12.5 Å². The number of fused-ring (bicyclic) bond motifs is 2. The average Bonchev–Trinajstić information content (AvgIpc) is 3.33. The van der Waals surface area contributed by atoms with Gasteiger partial charge in [-0.1, -0.05) is 18.2 Å². The van der Waals surface area contributed by atoms with E-state index in [1.165, 1.54) is 24.3 Å². The Labute approximate surface area is 215 Å². The third-order valence-electron chi connectivity index (χ3n) is 6.08. The van der Waals surface area contributed by atoms with E-state index >= 15 is 0 Å². The van der Waals surface area contributed by atoms with Crippen molar-refractivity contribution in [2.75, 3.05) is 18.5 Å². The predicted molar refractivity (Wildman–Crippen MR) is 136 cm³/mol. The van der Waals surface area contributed by atoms with Gasteiger partial charge in [0.2, 0.25) is 0 Å². The van der Waals surface area contributed by atoms with Gasteiger partial charge >= 0.3 is 5.97 Å². The number of para-hydroxylation sites is 1. The maximum absolute atomic E-state index is 13.3. The summed E-state index contributed by atoms with van der Waals surface area (Å²) in [6.45, 7) is -0.692. The lowest BCUT2D eigenvalue weighted by molar-refractivity contribution is -0.144. The number of ether oxygens (including phenoxy) is 2. The number of amides is 2. The van der Waals surface area contributed by atoms with Gasteiger partial charge < -0.3 is 25.1 Å². The molecule has 4 aromatic rings. The number of halogens is 1. The lowest BCUT2D eigenvalue weighted by atomic mass is 10.0. The highest BCUT2D eigenvalue weighted by atomic mass is 19.1. The molecule has 0 saturated heterocycles. The van der Waals surface area contributed by atoms with Crippen LogP contribution < -0.4 is 15.4 Å². The van der Waals surface area contributed by atoms with Crippen LogP contribution in [-0.2, 0) is 20.7 Å². The second kappa shape index (κ2) is 10.6. The number of Topliss-reactive ketones (excluding diaryl/α,β-unsaturated/α-hetero) is 1. The largest absolute Gasteiger partial charge is 0.482 e. The van der Waals surface area contributed by atoms with E-state index in [9.17, 15) is 23.6 Å². The Kier molecular flexibility index (Phi) is 6.86. The molecule has 10 heteroatoms. The molecule has 1 aliphatic heterocycles. The van der Waals surface area contributed by atoms with E-state index < -0.39 is 36.1 Å². The number of rotatable bonds is 8. The predicted octanol–water partition coefficient (Wildman–Crippen LogP) is 3.41. The third-order valence-corrected chi connectivity index (χ3v) is 6.08. The van der Waals surface area contributed by atoms with E-state index in [1.807, 2.05) is 24.3 Å². The summed E-state index contributed by atoms with van der Waals surface area (Å²) in [7, 11) is 0. The molecule has 192 valence electrons. The second-order valence-corrected chi connectivity index (χ2v) is 8.68. The summed E-state index contributed by atoms with van der Waals surface area (Å²) in [4.78, 5) is 53.4. The van der Waals surface area contributed by atoms with Crippen LogP contribution in [0.3, 0.4) is 0 Å². The Morgan fingerprint density at radius 2 is 1.79 bits per heavy atom. The van der Waals surface area contributed by atoms with Gasteiger partial charge in [0.25, 0.3) is 11.8 Å². The molecule has 3 aromatic carbocycles. The van der Waals surface area contributed by atoms with Crippen LogP contribution in [0.5, 0.6) is 5.75 Å². The number of aromatic amines is 1. The van der Waals surface area contributed by atoms with Crippen molar-refractivity contribution < 1.29 is 33.0 Å². The Bertz CT molecular complexity index is 1550. The summed E-state index contributed by atoms with van der Waals surface area (Å²) in [6.07, 6.45) is 1.83. The van der Waals surface area contributed by atoms with E-state index in [-0.39, 0.29) is 30.1 Å². The Morgan fingerprint density at radius 3 is 2.61 bits per heavy atom. The molecule has 0 spiro atoms. The molecule has 0 saturated carbocycles. The Balaban J connectivity index is 1.31. The average molecular weight is 515 g/mol. The maximum atomic E-state index is 13.3. The summed E-state index contributed by atoms with van der Waals surface area (Å²) < 4.78 is 23.9. The quantitative estimate of drug-likeness (QED) is 0.244. The SMILES string of the molecule is O=C1COc2ccc(C(=O)COC(=O)[C@@H](Cc3c[nH]c4ccccc34)NC(=O)c3ccc(F)cc3)cc2N1. The van der Waals surface area contributed by atoms with Gasteiger partial charge in [-0.3, -0.25) is 14.4 Å². The van der Waals surface area contributed by atoms with Crippen molar-refractivity contribution in [3.05, 3.63) is 95.4 Å². The van der Waals surface area contributed by atoms with E-state index in [1.54, 1.807) is 12.3 Å². The molecule has 0 aliphatic carbocycles. The van der Waals surface area contributed by atoms with Crippen molar-refractivity contribution in [3.8, 4) is 5.75 Å². The molecule has 0 unspecified atom stereocenters. The smallest absolute Gasteiger partial charge is 0.329 e. The minimum absolute atomic E-state index is 0.0895. The van der Waals surface area contributed by atoms with Crippen molar-refractivity contribution in [1.82, 2.24) is 10.3 Å². The molecule has 38 heavy (non-hydrogen) atoms. The fourth-order valence-corrected chi connectivity index (χ4v) is 4.13. The molecule has 2 heterocycles. The van der Waals surface area contributed by atoms with Crippen molar-refractivity contribution in [3.63, 3.8) is 0 Å².